The fourth-order valence-corrected chi connectivity index (χ4v) is 9.58. The van der Waals surface area contributed by atoms with E-state index in [0.29, 0.717) is 0 Å². The minimum absolute atomic E-state index is 0.158. The van der Waals surface area contributed by atoms with Gasteiger partial charge in [-0.25, -0.2) is 0 Å². The van der Waals surface area contributed by atoms with Crippen LogP contribution in [0.15, 0.2) is 73.3 Å². The normalized spacial score (nSPS) is 27.2. The standard InChI is InChI=1S/C26H35BO4Si/c1-7-19(2)26(23(29-6)22(28)24(27)31-26)18-30-32(25(3,4)5,20-14-10-8-11-15-20)21-16-12-9-13-17-21/h7-17,19,22-24,28H,1,18H2,2-6H3/t19?,22-,23+,24-,26+/m1/s1. The summed E-state index contributed by atoms with van der Waals surface area (Å²) >= 11 is 0. The van der Waals surface area contributed by atoms with Gasteiger partial charge in [0.25, 0.3) is 8.32 Å². The molecule has 1 heterocycles. The molecule has 0 aromatic heterocycles. The number of hydrogen-bond donors (Lipinski definition) is 1. The number of benzene rings is 2. The predicted molar refractivity (Wildman–Crippen MR) is 133 cm³/mol. The van der Waals surface area contributed by atoms with Crippen molar-refractivity contribution >= 4 is 26.5 Å². The zero-order valence-corrected chi connectivity index (χ0v) is 20.8. The summed E-state index contributed by atoms with van der Waals surface area (Å²) in [5.41, 5.74) is -0.956. The molecule has 0 spiro atoms. The number of aliphatic hydroxyl groups excluding tert-OH is 1. The van der Waals surface area contributed by atoms with Crippen molar-refractivity contribution in [1.29, 1.82) is 0 Å². The second-order valence-electron chi connectivity index (χ2n) is 9.66. The van der Waals surface area contributed by atoms with Gasteiger partial charge in [-0.15, -0.1) is 6.58 Å². The van der Waals surface area contributed by atoms with Crippen LogP contribution in [0.5, 0.6) is 0 Å². The third-order valence-corrected chi connectivity index (χ3v) is 11.8. The molecule has 0 bridgehead atoms. The van der Waals surface area contributed by atoms with Gasteiger partial charge in [0.15, 0.2) is 0 Å². The van der Waals surface area contributed by atoms with E-state index in [1.54, 1.807) is 7.11 Å². The number of ether oxygens (including phenoxy) is 2. The lowest BCUT2D eigenvalue weighted by molar-refractivity contribution is -0.128. The summed E-state index contributed by atoms with van der Waals surface area (Å²) in [4.78, 5) is 0. The molecule has 170 valence electrons. The highest BCUT2D eigenvalue weighted by Crippen LogP contribution is 2.42. The van der Waals surface area contributed by atoms with Gasteiger partial charge in [0.2, 0.25) is 0 Å². The Hall–Kier alpha value is -1.70. The minimum atomic E-state index is -2.80. The van der Waals surface area contributed by atoms with E-state index in [1.165, 1.54) is 10.4 Å². The summed E-state index contributed by atoms with van der Waals surface area (Å²) < 4.78 is 19.1. The molecule has 6 heteroatoms. The molecule has 0 saturated carbocycles. The quantitative estimate of drug-likeness (QED) is 0.496. The molecule has 2 aromatic rings. The molecule has 1 aliphatic heterocycles. The third-order valence-electron chi connectivity index (χ3n) is 6.79. The topological polar surface area (TPSA) is 47.9 Å². The van der Waals surface area contributed by atoms with Crippen molar-refractivity contribution in [2.45, 2.75) is 56.5 Å². The molecule has 2 radical (unpaired) electrons. The first-order valence-corrected chi connectivity index (χ1v) is 13.1. The van der Waals surface area contributed by atoms with Crippen molar-refractivity contribution in [3.63, 3.8) is 0 Å². The Morgan fingerprint density at radius 3 is 2.03 bits per heavy atom. The van der Waals surface area contributed by atoms with Crippen molar-refractivity contribution in [2.24, 2.45) is 5.92 Å². The molecule has 0 aliphatic carbocycles. The van der Waals surface area contributed by atoms with Gasteiger partial charge in [0, 0.05) is 19.0 Å². The van der Waals surface area contributed by atoms with E-state index in [0.717, 1.165) is 0 Å². The van der Waals surface area contributed by atoms with Crippen LogP contribution < -0.4 is 10.4 Å². The molecule has 32 heavy (non-hydrogen) atoms. The van der Waals surface area contributed by atoms with E-state index < -0.39 is 32.1 Å². The van der Waals surface area contributed by atoms with Gasteiger partial charge in [-0.1, -0.05) is 94.4 Å². The molecule has 0 amide bonds. The fourth-order valence-electron chi connectivity index (χ4n) is 4.99. The molecular formula is C26H35BO4Si. The van der Waals surface area contributed by atoms with Gasteiger partial charge >= 0.3 is 0 Å². The molecule has 1 unspecified atom stereocenters. The Morgan fingerprint density at radius 2 is 1.62 bits per heavy atom. The van der Waals surface area contributed by atoms with Gasteiger partial charge in [-0.3, -0.25) is 0 Å². The van der Waals surface area contributed by atoms with E-state index in [2.05, 4.69) is 75.9 Å². The summed E-state index contributed by atoms with van der Waals surface area (Å²) in [6.45, 7) is 12.9. The highest BCUT2D eigenvalue weighted by molar-refractivity contribution is 6.99. The highest BCUT2D eigenvalue weighted by atomic mass is 28.4. The molecular weight excluding hydrogens is 415 g/mol. The lowest BCUT2D eigenvalue weighted by atomic mass is 9.82. The lowest BCUT2D eigenvalue weighted by Gasteiger charge is -2.46. The van der Waals surface area contributed by atoms with E-state index in [1.807, 2.05) is 25.1 Å². The van der Waals surface area contributed by atoms with Crippen LogP contribution in [-0.2, 0) is 13.9 Å². The van der Waals surface area contributed by atoms with Crippen molar-refractivity contribution in [3.05, 3.63) is 73.3 Å². The fraction of sp³-hybridized carbons (Fsp3) is 0.462. The number of hydrogen-bond acceptors (Lipinski definition) is 4. The average molecular weight is 450 g/mol. The first-order chi connectivity index (χ1) is 15.1. The Morgan fingerprint density at radius 1 is 1.12 bits per heavy atom. The Balaban J connectivity index is 2.16. The van der Waals surface area contributed by atoms with Crippen LogP contribution in [0.2, 0.25) is 5.04 Å². The second-order valence-corrected chi connectivity index (χ2v) is 14.0. The van der Waals surface area contributed by atoms with Crippen molar-refractivity contribution < 1.29 is 19.0 Å². The summed E-state index contributed by atoms with van der Waals surface area (Å²) in [5, 5.41) is 12.9. The molecule has 5 atom stereocenters. The molecule has 2 aromatic carbocycles. The average Bonchev–Trinajstić information content (AvgIpc) is 3.04. The van der Waals surface area contributed by atoms with Crippen LogP contribution in [0, 0.1) is 5.92 Å². The maximum absolute atomic E-state index is 10.7. The van der Waals surface area contributed by atoms with E-state index in [9.17, 15) is 5.11 Å². The van der Waals surface area contributed by atoms with Crippen molar-refractivity contribution in [2.75, 3.05) is 13.7 Å². The van der Waals surface area contributed by atoms with Crippen LogP contribution in [0.25, 0.3) is 0 Å². The summed E-state index contributed by atoms with van der Waals surface area (Å²) in [7, 11) is 4.90. The zero-order valence-electron chi connectivity index (χ0n) is 19.8. The number of aliphatic hydroxyl groups is 1. The molecule has 1 aliphatic rings. The maximum Gasteiger partial charge on any atom is 0.261 e. The summed E-state index contributed by atoms with van der Waals surface area (Å²) in [6, 6.07) is 20.0. The Kier molecular flexibility index (Phi) is 7.52. The maximum atomic E-state index is 10.7. The lowest BCUT2D eigenvalue weighted by Crippen LogP contribution is -2.68. The zero-order chi connectivity index (χ0) is 23.6. The predicted octanol–water partition coefficient (Wildman–Crippen LogP) is 3.02. The molecule has 3 rings (SSSR count). The Bertz CT molecular complexity index is 846. The van der Waals surface area contributed by atoms with Crippen LogP contribution in [-0.4, -0.2) is 58.8 Å². The van der Waals surface area contributed by atoms with Crippen LogP contribution >= 0.6 is 0 Å². The SMILES string of the molecule is [B][C@@H]1O[C@@](CO[Si](c2ccccc2)(c2ccccc2)C(C)(C)C)(C(C)C=C)[C@@H](OC)[C@H]1O. The molecule has 1 fully saturated rings. The minimum Gasteiger partial charge on any atom is -0.404 e. The second kappa shape index (κ2) is 9.66. The number of rotatable bonds is 8. The summed E-state index contributed by atoms with van der Waals surface area (Å²) in [5.74, 6) is -0.158. The van der Waals surface area contributed by atoms with Gasteiger partial charge in [-0.2, -0.15) is 0 Å². The van der Waals surface area contributed by atoms with E-state index >= 15 is 0 Å². The van der Waals surface area contributed by atoms with E-state index in [-0.39, 0.29) is 17.6 Å². The smallest absolute Gasteiger partial charge is 0.261 e. The van der Waals surface area contributed by atoms with Gasteiger partial charge < -0.3 is 19.0 Å². The van der Waals surface area contributed by atoms with Crippen LogP contribution in [0.4, 0.5) is 0 Å². The first kappa shape index (κ1) is 24.9. The number of methoxy groups -OCH3 is 1. The summed E-state index contributed by atoms with van der Waals surface area (Å²) in [6.07, 6.45) is 0.222. The van der Waals surface area contributed by atoms with E-state index in [4.69, 9.17) is 21.7 Å². The van der Waals surface area contributed by atoms with Gasteiger partial charge in [0.05, 0.1) is 6.61 Å². The molecule has 4 nitrogen and oxygen atoms in total. The third kappa shape index (κ3) is 4.15. The van der Waals surface area contributed by atoms with Gasteiger partial charge in [0.1, 0.15) is 25.7 Å². The van der Waals surface area contributed by atoms with Crippen LogP contribution in [0.1, 0.15) is 27.7 Å². The van der Waals surface area contributed by atoms with Crippen molar-refractivity contribution in [1.82, 2.24) is 0 Å². The largest absolute Gasteiger partial charge is 0.404 e. The van der Waals surface area contributed by atoms with Crippen LogP contribution in [0.3, 0.4) is 0 Å². The monoisotopic (exact) mass is 450 g/mol. The highest BCUT2D eigenvalue weighted by Gasteiger charge is 2.58. The first-order valence-electron chi connectivity index (χ1n) is 11.2. The molecule has 1 saturated heterocycles. The molecule has 1 N–H and O–H groups in total. The Labute approximate surface area is 195 Å². The van der Waals surface area contributed by atoms with Gasteiger partial charge in [-0.05, 0) is 15.4 Å². The van der Waals surface area contributed by atoms with Crippen molar-refractivity contribution in [3.8, 4) is 0 Å².